The number of ether oxygens (including phenoxy) is 1. The molecule has 2 unspecified atom stereocenters. The number of carbonyl (C=O) groups excluding carboxylic acids is 1. The van der Waals surface area contributed by atoms with E-state index in [2.05, 4.69) is 25.5 Å². The number of hydrogen-bond acceptors (Lipinski definition) is 5. The molecule has 0 aliphatic carbocycles. The molecule has 182 valence electrons. The zero-order valence-corrected chi connectivity index (χ0v) is 18.8. The third-order valence-electron chi connectivity index (χ3n) is 6.22. The highest BCUT2D eigenvalue weighted by molar-refractivity contribution is 6.49. The topological polar surface area (TPSA) is 80.5 Å². The molecular formula is C25H24F3N5O2. The van der Waals surface area contributed by atoms with E-state index < -0.39 is 18.7 Å². The van der Waals surface area contributed by atoms with Gasteiger partial charge >= 0.3 is 6.61 Å². The van der Waals surface area contributed by atoms with Gasteiger partial charge in [0.25, 0.3) is 5.91 Å². The zero-order valence-electron chi connectivity index (χ0n) is 18.8. The molecule has 10 heteroatoms. The highest BCUT2D eigenvalue weighted by atomic mass is 19.3. The molecule has 1 fully saturated rings. The molecule has 1 aromatic heterocycles. The molecule has 0 saturated carbocycles. The third kappa shape index (κ3) is 5.07. The molecule has 2 atom stereocenters. The van der Waals surface area contributed by atoms with E-state index in [0.717, 1.165) is 28.8 Å². The Morgan fingerprint density at radius 3 is 2.77 bits per heavy atom. The molecule has 35 heavy (non-hydrogen) atoms. The molecule has 3 aromatic rings. The smallest absolute Gasteiger partial charge is 0.387 e. The van der Waals surface area contributed by atoms with Crippen LogP contribution < -0.4 is 15.4 Å². The van der Waals surface area contributed by atoms with E-state index in [0.29, 0.717) is 37.3 Å². The van der Waals surface area contributed by atoms with Crippen LogP contribution in [-0.2, 0) is 11.2 Å². The molecule has 2 aliphatic heterocycles. The lowest BCUT2D eigenvalue weighted by molar-refractivity contribution is -0.110. The summed E-state index contributed by atoms with van der Waals surface area (Å²) in [6.07, 6.45) is 3.92. The lowest BCUT2D eigenvalue weighted by Gasteiger charge is -2.26. The number of aliphatic imine (C=N–C) groups is 1. The number of halogens is 3. The number of amides is 1. The standard InChI is InChI=1S/C25H24F3N5O2/c26-21-13-29-9-8-22(21)33-14-17(12-31-33)16-2-1-15-7-10-30-23(20(15)11-16)24(34)32-18-3-5-19(6-4-18)35-25(27)28/h1-6,11-12,14,21-22,25,29H,7-10,13H2,(H,32,34). The number of alkyl halides is 3. The summed E-state index contributed by atoms with van der Waals surface area (Å²) in [6, 6.07) is 11.2. The Kier molecular flexibility index (Phi) is 6.54. The Bertz CT molecular complexity index is 1240. The van der Waals surface area contributed by atoms with Crippen LogP contribution in [0.5, 0.6) is 5.75 Å². The van der Waals surface area contributed by atoms with Crippen LogP contribution >= 0.6 is 0 Å². The van der Waals surface area contributed by atoms with E-state index in [1.54, 1.807) is 10.9 Å². The molecule has 2 aromatic carbocycles. The predicted octanol–water partition coefficient (Wildman–Crippen LogP) is 4.01. The Morgan fingerprint density at radius 1 is 1.17 bits per heavy atom. The van der Waals surface area contributed by atoms with Crippen molar-refractivity contribution in [3.63, 3.8) is 0 Å². The summed E-state index contributed by atoms with van der Waals surface area (Å²) >= 11 is 0. The van der Waals surface area contributed by atoms with Crippen LogP contribution in [0.2, 0.25) is 0 Å². The number of fused-ring (bicyclic) bond motifs is 1. The number of rotatable bonds is 6. The number of nitrogens with one attached hydrogen (secondary N) is 2. The Balaban J connectivity index is 1.35. The van der Waals surface area contributed by atoms with Crippen LogP contribution in [0, 0.1) is 0 Å². The van der Waals surface area contributed by atoms with E-state index >= 15 is 0 Å². The van der Waals surface area contributed by atoms with Gasteiger partial charge in [-0.15, -0.1) is 0 Å². The maximum absolute atomic E-state index is 14.3. The summed E-state index contributed by atoms with van der Waals surface area (Å²) in [7, 11) is 0. The van der Waals surface area contributed by atoms with Gasteiger partial charge in [0.2, 0.25) is 0 Å². The molecule has 2 aliphatic rings. The normalized spacial score (nSPS) is 19.7. The Morgan fingerprint density at radius 2 is 2.00 bits per heavy atom. The monoisotopic (exact) mass is 483 g/mol. The first-order chi connectivity index (χ1) is 17.0. The maximum Gasteiger partial charge on any atom is 0.387 e. The van der Waals surface area contributed by atoms with Gasteiger partial charge in [-0.1, -0.05) is 12.1 Å². The summed E-state index contributed by atoms with van der Waals surface area (Å²) in [5.74, 6) is -0.386. The third-order valence-corrected chi connectivity index (χ3v) is 6.22. The van der Waals surface area contributed by atoms with Gasteiger partial charge < -0.3 is 15.4 Å². The first-order valence-corrected chi connectivity index (χ1v) is 11.4. The molecular weight excluding hydrogens is 459 g/mol. The van der Waals surface area contributed by atoms with E-state index in [1.807, 2.05) is 24.4 Å². The zero-order chi connectivity index (χ0) is 24.4. The number of aromatic nitrogens is 2. The summed E-state index contributed by atoms with van der Waals surface area (Å²) in [5, 5.41) is 10.2. The van der Waals surface area contributed by atoms with Gasteiger partial charge in [0, 0.05) is 36.1 Å². The van der Waals surface area contributed by atoms with Gasteiger partial charge in [-0.05, 0) is 60.8 Å². The van der Waals surface area contributed by atoms with Crippen molar-refractivity contribution in [1.29, 1.82) is 0 Å². The minimum Gasteiger partial charge on any atom is -0.435 e. The van der Waals surface area contributed by atoms with Gasteiger partial charge in [0.05, 0.1) is 12.2 Å². The summed E-state index contributed by atoms with van der Waals surface area (Å²) in [4.78, 5) is 17.5. The van der Waals surface area contributed by atoms with E-state index in [4.69, 9.17) is 0 Å². The van der Waals surface area contributed by atoms with Crippen molar-refractivity contribution in [1.82, 2.24) is 15.1 Å². The summed E-state index contributed by atoms with van der Waals surface area (Å²) < 4.78 is 45.1. The van der Waals surface area contributed by atoms with Crippen molar-refractivity contribution in [3.8, 4) is 16.9 Å². The van der Waals surface area contributed by atoms with Crippen LogP contribution in [0.15, 0.2) is 59.9 Å². The maximum atomic E-state index is 14.3. The second kappa shape index (κ2) is 9.91. The van der Waals surface area contributed by atoms with Gasteiger partial charge in [0.1, 0.15) is 17.6 Å². The molecule has 1 saturated heterocycles. The van der Waals surface area contributed by atoms with Gasteiger partial charge in [-0.25, -0.2) is 4.39 Å². The Hall–Kier alpha value is -3.66. The summed E-state index contributed by atoms with van der Waals surface area (Å²) in [6.45, 7) is -1.36. The number of piperidine rings is 1. The van der Waals surface area contributed by atoms with Gasteiger partial charge in [0.15, 0.2) is 0 Å². The fourth-order valence-corrected chi connectivity index (χ4v) is 4.45. The average molecular weight is 483 g/mol. The van der Waals surface area contributed by atoms with Crippen molar-refractivity contribution < 1.29 is 22.7 Å². The van der Waals surface area contributed by atoms with Crippen LogP contribution in [-0.4, -0.2) is 53.8 Å². The highest BCUT2D eigenvalue weighted by Gasteiger charge is 2.27. The van der Waals surface area contributed by atoms with Crippen molar-refractivity contribution in [2.75, 3.05) is 25.0 Å². The second-order valence-corrected chi connectivity index (χ2v) is 8.49. The van der Waals surface area contributed by atoms with Crippen LogP contribution in [0.1, 0.15) is 23.6 Å². The molecule has 1 amide bonds. The molecule has 3 heterocycles. The fraction of sp³-hybridized carbons (Fsp3) is 0.320. The largest absolute Gasteiger partial charge is 0.435 e. The van der Waals surface area contributed by atoms with Crippen molar-refractivity contribution in [2.45, 2.75) is 31.7 Å². The number of carbonyl (C=O) groups is 1. The van der Waals surface area contributed by atoms with Crippen LogP contribution in [0.25, 0.3) is 11.1 Å². The quantitative estimate of drug-likeness (QED) is 0.555. The van der Waals surface area contributed by atoms with Crippen molar-refractivity contribution in [3.05, 3.63) is 66.0 Å². The number of benzene rings is 2. The number of anilines is 1. The molecule has 5 rings (SSSR count). The first kappa shape index (κ1) is 23.1. The number of hydrogen-bond donors (Lipinski definition) is 2. The predicted molar refractivity (Wildman–Crippen MR) is 126 cm³/mol. The minimum absolute atomic E-state index is 0.00658. The van der Waals surface area contributed by atoms with Crippen molar-refractivity contribution in [2.24, 2.45) is 4.99 Å². The van der Waals surface area contributed by atoms with Gasteiger partial charge in [-0.3, -0.25) is 14.5 Å². The second-order valence-electron chi connectivity index (χ2n) is 8.49. The van der Waals surface area contributed by atoms with E-state index in [9.17, 15) is 18.0 Å². The molecule has 7 nitrogen and oxygen atoms in total. The molecule has 0 bridgehead atoms. The summed E-state index contributed by atoms with van der Waals surface area (Å²) in [5.41, 5.74) is 4.15. The van der Waals surface area contributed by atoms with Crippen molar-refractivity contribution >= 4 is 17.3 Å². The molecule has 2 N–H and O–H groups in total. The first-order valence-electron chi connectivity index (χ1n) is 11.4. The van der Waals surface area contributed by atoms with Crippen LogP contribution in [0.3, 0.4) is 0 Å². The van der Waals surface area contributed by atoms with E-state index in [-0.39, 0.29) is 11.8 Å². The minimum atomic E-state index is -2.91. The average Bonchev–Trinajstić information content (AvgIpc) is 3.34. The molecule has 0 spiro atoms. The highest BCUT2D eigenvalue weighted by Crippen LogP contribution is 2.28. The molecule has 0 radical (unpaired) electrons. The lowest BCUT2D eigenvalue weighted by Crippen LogP contribution is -2.39. The Labute approximate surface area is 200 Å². The number of nitrogens with zero attached hydrogens (tertiary/aromatic N) is 3. The van der Waals surface area contributed by atoms with E-state index in [1.165, 1.54) is 24.3 Å². The lowest BCUT2D eigenvalue weighted by atomic mass is 9.93. The van der Waals surface area contributed by atoms with Crippen LogP contribution in [0.4, 0.5) is 18.9 Å². The SMILES string of the molecule is O=C(Nc1ccc(OC(F)F)cc1)C1=NCCc2ccc(-c3cnn(C4CCNCC4F)c3)cc21. The fourth-order valence-electron chi connectivity index (χ4n) is 4.45. The van der Waals surface area contributed by atoms with Gasteiger partial charge in [-0.2, -0.15) is 13.9 Å².